The third-order valence-corrected chi connectivity index (χ3v) is 4.50. The van der Waals surface area contributed by atoms with Gasteiger partial charge in [-0.3, -0.25) is 0 Å². The molecule has 0 aliphatic heterocycles. The lowest BCUT2D eigenvalue weighted by Crippen LogP contribution is -2.08. The van der Waals surface area contributed by atoms with Crippen molar-refractivity contribution < 1.29 is 4.74 Å². The lowest BCUT2D eigenvalue weighted by Gasteiger charge is -2.13. The summed E-state index contributed by atoms with van der Waals surface area (Å²) in [5.41, 5.74) is 3.21. The Bertz CT molecular complexity index is 1050. The number of benzene rings is 3. The summed E-state index contributed by atoms with van der Waals surface area (Å²) in [4.78, 5) is 9.38. The van der Waals surface area contributed by atoms with E-state index in [1.807, 2.05) is 54.6 Å². The van der Waals surface area contributed by atoms with Crippen LogP contribution >= 0.6 is 0 Å². The van der Waals surface area contributed by atoms with E-state index in [0.29, 0.717) is 19.0 Å². The Hall–Kier alpha value is -3.60. The number of anilines is 2. The molecule has 140 valence electrons. The van der Waals surface area contributed by atoms with Gasteiger partial charge in [-0.1, -0.05) is 60.7 Å². The van der Waals surface area contributed by atoms with Crippen LogP contribution in [0.3, 0.4) is 0 Å². The second kappa shape index (κ2) is 8.39. The van der Waals surface area contributed by atoms with Crippen LogP contribution in [0.1, 0.15) is 11.1 Å². The van der Waals surface area contributed by atoms with Gasteiger partial charge in [0.2, 0.25) is 5.95 Å². The maximum Gasteiger partial charge on any atom is 0.225 e. The molecule has 0 radical (unpaired) electrons. The van der Waals surface area contributed by atoms with Gasteiger partial charge in [-0.2, -0.15) is 4.98 Å². The normalized spacial score (nSPS) is 10.6. The Morgan fingerprint density at radius 2 is 1.39 bits per heavy atom. The van der Waals surface area contributed by atoms with E-state index in [2.05, 4.69) is 39.9 Å². The smallest absolute Gasteiger partial charge is 0.225 e. The van der Waals surface area contributed by atoms with Crippen molar-refractivity contribution in [2.45, 2.75) is 13.1 Å². The molecule has 0 bridgehead atoms. The Balaban J connectivity index is 1.63. The van der Waals surface area contributed by atoms with Crippen LogP contribution in [0.5, 0.6) is 5.75 Å². The highest BCUT2D eigenvalue weighted by molar-refractivity contribution is 5.91. The molecule has 4 aromatic rings. The van der Waals surface area contributed by atoms with Gasteiger partial charge in [0.1, 0.15) is 11.6 Å². The van der Waals surface area contributed by atoms with E-state index in [1.54, 1.807) is 7.11 Å². The molecule has 0 atom stereocenters. The van der Waals surface area contributed by atoms with Crippen LogP contribution in [-0.2, 0) is 13.1 Å². The molecule has 0 unspecified atom stereocenters. The first-order chi connectivity index (χ1) is 13.8. The van der Waals surface area contributed by atoms with Crippen molar-refractivity contribution in [2.75, 3.05) is 17.7 Å². The molecule has 0 aliphatic carbocycles. The molecule has 0 fully saturated rings. The topological polar surface area (TPSA) is 59.1 Å². The molecule has 0 saturated carbocycles. The molecule has 28 heavy (non-hydrogen) atoms. The summed E-state index contributed by atoms with van der Waals surface area (Å²) in [6.45, 7) is 1.35. The highest BCUT2D eigenvalue weighted by atomic mass is 16.5. The number of nitrogens with zero attached hydrogens (tertiary/aromatic N) is 2. The molecule has 0 saturated heterocycles. The minimum Gasteiger partial charge on any atom is -0.497 e. The first kappa shape index (κ1) is 17.8. The average Bonchev–Trinajstić information content (AvgIpc) is 2.77. The van der Waals surface area contributed by atoms with Crippen molar-refractivity contribution in [1.82, 2.24) is 9.97 Å². The molecule has 0 spiro atoms. The largest absolute Gasteiger partial charge is 0.497 e. The summed E-state index contributed by atoms with van der Waals surface area (Å²) in [5.74, 6) is 2.15. The molecule has 1 heterocycles. The number of fused-ring (bicyclic) bond motifs is 1. The zero-order valence-corrected chi connectivity index (χ0v) is 15.7. The Kier molecular flexibility index (Phi) is 5.33. The van der Waals surface area contributed by atoms with Gasteiger partial charge in [-0.25, -0.2) is 4.98 Å². The van der Waals surface area contributed by atoms with Gasteiger partial charge in [0, 0.05) is 24.5 Å². The second-order valence-electron chi connectivity index (χ2n) is 6.46. The van der Waals surface area contributed by atoms with Gasteiger partial charge in [0.15, 0.2) is 0 Å². The monoisotopic (exact) mass is 370 g/mol. The zero-order chi connectivity index (χ0) is 19.2. The summed E-state index contributed by atoms with van der Waals surface area (Å²) < 4.78 is 5.36. The SMILES string of the molecule is COc1ccc2c(NCc3ccccc3)nc(NCc3ccccc3)nc2c1. The van der Waals surface area contributed by atoms with Crippen molar-refractivity contribution >= 4 is 22.7 Å². The van der Waals surface area contributed by atoms with Gasteiger partial charge in [0.25, 0.3) is 0 Å². The van der Waals surface area contributed by atoms with Crippen LogP contribution in [0.4, 0.5) is 11.8 Å². The van der Waals surface area contributed by atoms with Crippen molar-refractivity contribution in [3.63, 3.8) is 0 Å². The van der Waals surface area contributed by atoms with Crippen molar-refractivity contribution in [1.29, 1.82) is 0 Å². The van der Waals surface area contributed by atoms with Crippen LogP contribution < -0.4 is 15.4 Å². The van der Waals surface area contributed by atoms with E-state index in [0.717, 1.165) is 22.5 Å². The van der Waals surface area contributed by atoms with Crippen LogP contribution in [0, 0.1) is 0 Å². The molecule has 3 aromatic carbocycles. The number of hydrogen-bond donors (Lipinski definition) is 2. The van der Waals surface area contributed by atoms with Crippen LogP contribution in [-0.4, -0.2) is 17.1 Å². The van der Waals surface area contributed by atoms with Gasteiger partial charge in [-0.15, -0.1) is 0 Å². The first-order valence-electron chi connectivity index (χ1n) is 9.23. The van der Waals surface area contributed by atoms with E-state index in [9.17, 15) is 0 Å². The van der Waals surface area contributed by atoms with Crippen molar-refractivity contribution in [3.05, 3.63) is 90.0 Å². The number of rotatable bonds is 7. The quantitative estimate of drug-likeness (QED) is 0.486. The molecule has 4 rings (SSSR count). The van der Waals surface area contributed by atoms with E-state index in [4.69, 9.17) is 9.72 Å². The summed E-state index contributed by atoms with van der Waals surface area (Å²) in [6, 6.07) is 26.3. The molecular formula is C23H22N4O. The predicted molar refractivity (Wildman–Crippen MR) is 114 cm³/mol. The van der Waals surface area contributed by atoms with Crippen molar-refractivity contribution in [2.24, 2.45) is 0 Å². The average molecular weight is 370 g/mol. The summed E-state index contributed by atoms with van der Waals surface area (Å²) in [5, 5.41) is 7.73. The lowest BCUT2D eigenvalue weighted by molar-refractivity contribution is 0.415. The minimum absolute atomic E-state index is 0.583. The van der Waals surface area contributed by atoms with E-state index >= 15 is 0 Å². The standard InChI is InChI=1S/C23H22N4O/c1-28-19-12-13-20-21(14-19)26-23(25-16-18-10-6-3-7-11-18)27-22(20)24-15-17-8-4-2-5-9-17/h2-14H,15-16H2,1H3,(H2,24,25,26,27). The molecule has 5 nitrogen and oxygen atoms in total. The molecule has 2 N–H and O–H groups in total. The molecular weight excluding hydrogens is 348 g/mol. The van der Waals surface area contributed by atoms with Crippen LogP contribution in [0.15, 0.2) is 78.9 Å². The van der Waals surface area contributed by atoms with E-state index < -0.39 is 0 Å². The highest BCUT2D eigenvalue weighted by Gasteiger charge is 2.09. The Labute approximate surface area is 164 Å². The fourth-order valence-corrected chi connectivity index (χ4v) is 3.01. The second-order valence-corrected chi connectivity index (χ2v) is 6.46. The first-order valence-corrected chi connectivity index (χ1v) is 9.23. The molecule has 1 aromatic heterocycles. The molecule has 0 aliphatic rings. The number of aromatic nitrogens is 2. The summed E-state index contributed by atoms with van der Waals surface area (Å²) >= 11 is 0. The van der Waals surface area contributed by atoms with Crippen LogP contribution in [0.2, 0.25) is 0 Å². The molecule has 5 heteroatoms. The van der Waals surface area contributed by atoms with Crippen LogP contribution in [0.25, 0.3) is 10.9 Å². The van der Waals surface area contributed by atoms with E-state index in [1.165, 1.54) is 11.1 Å². The minimum atomic E-state index is 0.583. The predicted octanol–water partition coefficient (Wildman–Crippen LogP) is 4.86. The van der Waals surface area contributed by atoms with Gasteiger partial charge < -0.3 is 15.4 Å². The van der Waals surface area contributed by atoms with Gasteiger partial charge in [0.05, 0.1) is 12.6 Å². The summed E-state index contributed by atoms with van der Waals surface area (Å²) in [7, 11) is 1.66. The maximum absolute atomic E-state index is 5.36. The Morgan fingerprint density at radius 3 is 2.04 bits per heavy atom. The highest BCUT2D eigenvalue weighted by Crippen LogP contribution is 2.26. The van der Waals surface area contributed by atoms with Gasteiger partial charge in [-0.05, 0) is 23.3 Å². The van der Waals surface area contributed by atoms with Gasteiger partial charge >= 0.3 is 0 Å². The Morgan fingerprint density at radius 1 is 0.750 bits per heavy atom. The number of hydrogen-bond acceptors (Lipinski definition) is 5. The summed E-state index contributed by atoms with van der Waals surface area (Å²) in [6.07, 6.45) is 0. The van der Waals surface area contributed by atoms with Crippen molar-refractivity contribution in [3.8, 4) is 5.75 Å². The fourth-order valence-electron chi connectivity index (χ4n) is 3.01. The third kappa shape index (κ3) is 4.20. The number of nitrogens with one attached hydrogen (secondary N) is 2. The number of ether oxygens (including phenoxy) is 1. The molecule has 0 amide bonds. The van der Waals surface area contributed by atoms with E-state index in [-0.39, 0.29) is 0 Å². The maximum atomic E-state index is 5.36. The zero-order valence-electron chi connectivity index (χ0n) is 15.7. The fraction of sp³-hybridized carbons (Fsp3) is 0.130. The third-order valence-electron chi connectivity index (χ3n) is 4.50. The number of methoxy groups -OCH3 is 1. The lowest BCUT2D eigenvalue weighted by atomic mass is 10.2.